The average Bonchev–Trinajstić information content (AvgIpc) is 2.70. The minimum Gasteiger partial charge on any atom is -0.497 e. The van der Waals surface area contributed by atoms with E-state index in [9.17, 15) is 9.59 Å². The van der Waals surface area contributed by atoms with Gasteiger partial charge in [0.2, 0.25) is 0 Å². The van der Waals surface area contributed by atoms with Crippen LogP contribution in [0.2, 0.25) is 0 Å². The maximum Gasteiger partial charge on any atom is 0.255 e. The summed E-state index contributed by atoms with van der Waals surface area (Å²) in [4.78, 5) is 27.3. The summed E-state index contributed by atoms with van der Waals surface area (Å²) >= 11 is 0. The molecule has 0 atom stereocenters. The molecule has 0 spiro atoms. The van der Waals surface area contributed by atoms with E-state index in [0.717, 1.165) is 13.0 Å². The molecule has 0 aliphatic carbocycles. The Labute approximate surface area is 165 Å². The zero-order valence-corrected chi connectivity index (χ0v) is 16.7. The van der Waals surface area contributed by atoms with Crippen molar-refractivity contribution in [2.24, 2.45) is 0 Å². The molecule has 0 saturated carbocycles. The maximum absolute atomic E-state index is 12.7. The fourth-order valence-corrected chi connectivity index (χ4v) is 2.62. The molecule has 28 heavy (non-hydrogen) atoms. The first kappa shape index (κ1) is 21.2. The number of nitrogens with zero attached hydrogens (tertiary/aromatic N) is 1. The molecule has 2 amide bonds. The van der Waals surface area contributed by atoms with Crippen LogP contribution in [0.1, 0.15) is 27.1 Å². The van der Waals surface area contributed by atoms with E-state index >= 15 is 0 Å². The third-order valence-electron chi connectivity index (χ3n) is 4.10. The van der Waals surface area contributed by atoms with Gasteiger partial charge in [-0.05, 0) is 51.3 Å². The Morgan fingerprint density at radius 2 is 1.61 bits per heavy atom. The van der Waals surface area contributed by atoms with Gasteiger partial charge in [0.1, 0.15) is 11.5 Å². The number of hydrogen-bond acceptors (Lipinski definition) is 5. The molecular weight excluding hydrogens is 358 g/mol. The van der Waals surface area contributed by atoms with E-state index in [-0.39, 0.29) is 11.8 Å². The van der Waals surface area contributed by atoms with E-state index in [1.54, 1.807) is 42.5 Å². The molecule has 0 saturated heterocycles. The molecule has 0 heterocycles. The Hall–Kier alpha value is -3.06. The highest BCUT2D eigenvalue weighted by molar-refractivity contribution is 6.09. The molecule has 150 valence electrons. The van der Waals surface area contributed by atoms with E-state index < -0.39 is 0 Å². The molecule has 7 nitrogen and oxygen atoms in total. The minimum atomic E-state index is -0.356. The summed E-state index contributed by atoms with van der Waals surface area (Å²) in [5.74, 6) is 0.441. The van der Waals surface area contributed by atoms with E-state index in [0.29, 0.717) is 34.9 Å². The number of hydrogen-bond donors (Lipinski definition) is 2. The largest absolute Gasteiger partial charge is 0.497 e. The van der Waals surface area contributed by atoms with Gasteiger partial charge >= 0.3 is 0 Å². The molecular formula is C21H27N3O4. The van der Waals surface area contributed by atoms with Gasteiger partial charge in [0.05, 0.1) is 25.5 Å². The Balaban J connectivity index is 2.12. The van der Waals surface area contributed by atoms with Gasteiger partial charge in [-0.25, -0.2) is 0 Å². The number of amides is 2. The lowest BCUT2D eigenvalue weighted by molar-refractivity contribution is 0.0953. The van der Waals surface area contributed by atoms with Crippen molar-refractivity contribution in [3.05, 3.63) is 53.6 Å². The molecule has 2 N–H and O–H groups in total. The SMILES string of the molecule is COc1cc(OC)cc(C(=O)Nc2ccccc2C(=O)NCCCN(C)C)c1. The second-order valence-electron chi connectivity index (χ2n) is 6.51. The first-order chi connectivity index (χ1) is 13.4. The van der Waals surface area contributed by atoms with Gasteiger partial charge in [-0.2, -0.15) is 0 Å². The lowest BCUT2D eigenvalue weighted by atomic mass is 10.1. The molecule has 7 heteroatoms. The third-order valence-corrected chi connectivity index (χ3v) is 4.10. The number of carbonyl (C=O) groups excluding carboxylic acids is 2. The van der Waals surface area contributed by atoms with Crippen molar-refractivity contribution in [2.75, 3.05) is 46.7 Å². The summed E-state index contributed by atoms with van der Waals surface area (Å²) in [7, 11) is 7.01. The van der Waals surface area contributed by atoms with Crippen molar-refractivity contribution in [1.29, 1.82) is 0 Å². The van der Waals surface area contributed by atoms with Gasteiger partial charge in [0.25, 0.3) is 11.8 Å². The quantitative estimate of drug-likeness (QED) is 0.649. The molecule has 0 aliphatic heterocycles. The number of ether oxygens (including phenoxy) is 2. The van der Waals surface area contributed by atoms with Crippen molar-refractivity contribution < 1.29 is 19.1 Å². The summed E-state index contributed by atoms with van der Waals surface area (Å²) in [6, 6.07) is 11.8. The van der Waals surface area contributed by atoms with E-state index in [2.05, 4.69) is 15.5 Å². The smallest absolute Gasteiger partial charge is 0.255 e. The van der Waals surface area contributed by atoms with Crippen LogP contribution in [-0.2, 0) is 0 Å². The number of nitrogens with one attached hydrogen (secondary N) is 2. The molecule has 2 aromatic carbocycles. The number of para-hydroxylation sites is 1. The molecule has 0 aromatic heterocycles. The van der Waals surface area contributed by atoms with Gasteiger partial charge in [0.15, 0.2) is 0 Å². The molecule has 2 rings (SSSR count). The van der Waals surface area contributed by atoms with Crippen LogP contribution in [0.25, 0.3) is 0 Å². The zero-order chi connectivity index (χ0) is 20.5. The van der Waals surface area contributed by atoms with E-state index in [1.807, 2.05) is 14.1 Å². The number of anilines is 1. The fraction of sp³-hybridized carbons (Fsp3) is 0.333. The van der Waals surface area contributed by atoms with Crippen molar-refractivity contribution in [3.63, 3.8) is 0 Å². The van der Waals surface area contributed by atoms with Crippen LogP contribution in [-0.4, -0.2) is 58.1 Å². The lowest BCUT2D eigenvalue weighted by Gasteiger charge is -2.13. The summed E-state index contributed by atoms with van der Waals surface area (Å²) in [5, 5.41) is 5.69. The minimum absolute atomic E-state index is 0.224. The highest BCUT2D eigenvalue weighted by Crippen LogP contribution is 2.24. The van der Waals surface area contributed by atoms with Gasteiger partial charge in [0, 0.05) is 18.2 Å². The maximum atomic E-state index is 12.7. The zero-order valence-electron chi connectivity index (χ0n) is 16.7. The standard InChI is InChI=1S/C21H27N3O4/c1-24(2)11-7-10-22-21(26)18-8-5-6-9-19(18)23-20(25)15-12-16(27-3)14-17(13-15)28-4/h5-6,8-9,12-14H,7,10-11H2,1-4H3,(H,22,26)(H,23,25). The Bertz CT molecular complexity index is 799. The number of carbonyl (C=O) groups is 2. The van der Waals surface area contributed by atoms with Crippen LogP contribution in [0.15, 0.2) is 42.5 Å². The highest BCUT2D eigenvalue weighted by atomic mass is 16.5. The Kier molecular flexibility index (Phi) is 7.83. The summed E-state index contributed by atoms with van der Waals surface area (Å²) in [5.41, 5.74) is 1.23. The van der Waals surface area contributed by atoms with E-state index in [4.69, 9.17) is 9.47 Å². The van der Waals surface area contributed by atoms with Gasteiger partial charge < -0.3 is 25.0 Å². The van der Waals surface area contributed by atoms with Gasteiger partial charge in [-0.3, -0.25) is 9.59 Å². The highest BCUT2D eigenvalue weighted by Gasteiger charge is 2.15. The first-order valence-corrected chi connectivity index (χ1v) is 9.01. The van der Waals surface area contributed by atoms with Gasteiger partial charge in [-0.1, -0.05) is 12.1 Å². The number of benzene rings is 2. The van der Waals surface area contributed by atoms with Crippen molar-refractivity contribution in [3.8, 4) is 11.5 Å². The van der Waals surface area contributed by atoms with Crippen LogP contribution < -0.4 is 20.1 Å². The fourth-order valence-electron chi connectivity index (χ4n) is 2.62. The second-order valence-corrected chi connectivity index (χ2v) is 6.51. The average molecular weight is 385 g/mol. The third kappa shape index (κ3) is 5.99. The van der Waals surface area contributed by atoms with Crippen LogP contribution in [0.3, 0.4) is 0 Å². The summed E-state index contributed by atoms with van der Waals surface area (Å²) < 4.78 is 10.4. The van der Waals surface area contributed by atoms with Crippen molar-refractivity contribution >= 4 is 17.5 Å². The molecule has 0 radical (unpaired) electrons. The normalized spacial score (nSPS) is 10.5. The molecule has 0 fully saturated rings. The number of rotatable bonds is 9. The molecule has 0 bridgehead atoms. The lowest BCUT2D eigenvalue weighted by Crippen LogP contribution is -2.28. The monoisotopic (exact) mass is 385 g/mol. The van der Waals surface area contributed by atoms with Crippen LogP contribution in [0.4, 0.5) is 5.69 Å². The van der Waals surface area contributed by atoms with Crippen LogP contribution in [0.5, 0.6) is 11.5 Å². The predicted octanol–water partition coefficient (Wildman–Crippen LogP) is 2.64. The Morgan fingerprint density at radius 1 is 0.964 bits per heavy atom. The molecule has 2 aromatic rings. The summed E-state index contributed by atoms with van der Waals surface area (Å²) in [6.45, 7) is 1.45. The topological polar surface area (TPSA) is 79.9 Å². The van der Waals surface area contributed by atoms with Crippen LogP contribution in [0, 0.1) is 0 Å². The van der Waals surface area contributed by atoms with Crippen molar-refractivity contribution in [2.45, 2.75) is 6.42 Å². The molecule has 0 aliphatic rings. The Morgan fingerprint density at radius 3 is 2.21 bits per heavy atom. The van der Waals surface area contributed by atoms with Crippen molar-refractivity contribution in [1.82, 2.24) is 10.2 Å². The number of methoxy groups -OCH3 is 2. The van der Waals surface area contributed by atoms with Crippen LogP contribution >= 0.6 is 0 Å². The van der Waals surface area contributed by atoms with Gasteiger partial charge in [-0.15, -0.1) is 0 Å². The second kappa shape index (κ2) is 10.3. The van der Waals surface area contributed by atoms with E-state index in [1.165, 1.54) is 14.2 Å². The summed E-state index contributed by atoms with van der Waals surface area (Å²) in [6.07, 6.45) is 0.844. The predicted molar refractivity (Wildman–Crippen MR) is 109 cm³/mol. The molecule has 0 unspecified atom stereocenters. The first-order valence-electron chi connectivity index (χ1n) is 9.01.